The molecule has 0 saturated carbocycles. The van der Waals surface area contributed by atoms with E-state index < -0.39 is 5.91 Å². The Balaban J connectivity index is 1.66. The van der Waals surface area contributed by atoms with Gasteiger partial charge in [0.1, 0.15) is 5.82 Å². The van der Waals surface area contributed by atoms with Crippen molar-refractivity contribution in [1.82, 2.24) is 19.5 Å². The lowest BCUT2D eigenvalue weighted by Crippen LogP contribution is -2.32. The minimum atomic E-state index is -0.468. The molecule has 0 radical (unpaired) electrons. The fraction of sp³-hybridized carbons (Fsp3) is 0.333. The molecule has 0 fully saturated rings. The zero-order chi connectivity index (χ0) is 21.7. The van der Waals surface area contributed by atoms with Crippen LogP contribution in [-0.2, 0) is 4.74 Å². The molecule has 158 valence electrons. The van der Waals surface area contributed by atoms with E-state index >= 15 is 0 Å². The van der Waals surface area contributed by atoms with Gasteiger partial charge in [0.05, 0.1) is 12.8 Å². The summed E-state index contributed by atoms with van der Waals surface area (Å²) in [6, 6.07) is 8.80. The fourth-order valence-electron chi connectivity index (χ4n) is 2.78. The number of aromatic nitrogens is 3. The number of benzene rings is 1. The van der Waals surface area contributed by atoms with E-state index in [0.29, 0.717) is 42.6 Å². The zero-order valence-electron chi connectivity index (χ0n) is 17.3. The van der Waals surface area contributed by atoms with Crippen molar-refractivity contribution in [3.05, 3.63) is 48.3 Å². The van der Waals surface area contributed by atoms with Gasteiger partial charge < -0.3 is 20.7 Å². The molecule has 3 rings (SSSR count). The summed E-state index contributed by atoms with van der Waals surface area (Å²) in [5.41, 5.74) is 8.14. The quantitative estimate of drug-likeness (QED) is 0.590. The number of likely N-dealkylation sites (N-methyl/N-ethyl adjacent to an activating group) is 1. The number of amides is 2. The number of nitrogens with two attached hydrogens (primary N) is 1. The van der Waals surface area contributed by atoms with Crippen molar-refractivity contribution in [3.63, 3.8) is 0 Å². The third kappa shape index (κ3) is 5.05. The van der Waals surface area contributed by atoms with Crippen molar-refractivity contribution in [1.29, 1.82) is 0 Å². The first kappa shape index (κ1) is 21.1. The predicted octanol–water partition coefficient (Wildman–Crippen LogP) is 2.63. The molecule has 30 heavy (non-hydrogen) atoms. The van der Waals surface area contributed by atoms with Gasteiger partial charge in [-0.1, -0.05) is 26.0 Å². The number of hydrogen-bond acceptors (Lipinski definition) is 6. The number of nitrogens with zero attached hydrogens (tertiary/aromatic N) is 4. The van der Waals surface area contributed by atoms with Gasteiger partial charge in [0, 0.05) is 37.5 Å². The average Bonchev–Trinajstić information content (AvgIpc) is 3.15. The van der Waals surface area contributed by atoms with Crippen LogP contribution in [0.1, 0.15) is 24.2 Å². The van der Waals surface area contributed by atoms with Crippen molar-refractivity contribution in [3.8, 4) is 11.1 Å². The Labute approximate surface area is 174 Å². The molecule has 3 aromatic rings. The second-order valence-corrected chi connectivity index (χ2v) is 7.40. The first-order chi connectivity index (χ1) is 14.3. The molecule has 9 heteroatoms. The largest absolute Gasteiger partial charge is 0.449 e. The van der Waals surface area contributed by atoms with Crippen LogP contribution in [0, 0.1) is 5.92 Å². The molecule has 2 aromatic heterocycles. The number of rotatable bonds is 8. The molecule has 9 nitrogen and oxygen atoms in total. The van der Waals surface area contributed by atoms with E-state index in [1.165, 1.54) is 4.90 Å². The van der Waals surface area contributed by atoms with Crippen LogP contribution in [0.25, 0.3) is 16.8 Å². The van der Waals surface area contributed by atoms with Gasteiger partial charge in [-0.15, -0.1) is 0 Å². The van der Waals surface area contributed by atoms with E-state index in [9.17, 15) is 9.59 Å². The van der Waals surface area contributed by atoms with Gasteiger partial charge in [0.15, 0.2) is 5.65 Å². The summed E-state index contributed by atoms with van der Waals surface area (Å²) < 4.78 is 6.88. The van der Waals surface area contributed by atoms with Crippen LogP contribution in [0.15, 0.2) is 42.7 Å². The lowest BCUT2D eigenvalue weighted by molar-refractivity contribution is 0.0997. The first-order valence-corrected chi connectivity index (χ1v) is 9.71. The molecule has 0 spiro atoms. The van der Waals surface area contributed by atoms with Crippen LogP contribution in [0.2, 0.25) is 0 Å². The molecule has 0 bridgehead atoms. The molecular weight excluding hydrogens is 384 g/mol. The molecule has 2 heterocycles. The van der Waals surface area contributed by atoms with Crippen molar-refractivity contribution in [2.24, 2.45) is 11.7 Å². The van der Waals surface area contributed by atoms with Crippen LogP contribution >= 0.6 is 0 Å². The van der Waals surface area contributed by atoms with E-state index in [-0.39, 0.29) is 6.09 Å². The lowest BCUT2D eigenvalue weighted by Gasteiger charge is -2.18. The Morgan fingerprint density at radius 1 is 1.23 bits per heavy atom. The molecule has 1 aromatic carbocycles. The summed E-state index contributed by atoms with van der Waals surface area (Å²) in [6.45, 7) is 5.39. The fourth-order valence-corrected chi connectivity index (χ4v) is 2.78. The van der Waals surface area contributed by atoms with Crippen LogP contribution in [0.4, 0.5) is 10.6 Å². The van der Waals surface area contributed by atoms with Gasteiger partial charge in [-0.2, -0.15) is 5.10 Å². The van der Waals surface area contributed by atoms with Gasteiger partial charge in [-0.3, -0.25) is 4.79 Å². The van der Waals surface area contributed by atoms with Crippen LogP contribution in [0.3, 0.4) is 0 Å². The predicted molar refractivity (Wildman–Crippen MR) is 114 cm³/mol. The number of fused-ring (bicyclic) bond motifs is 1. The third-order valence-corrected chi connectivity index (χ3v) is 4.45. The summed E-state index contributed by atoms with van der Waals surface area (Å²) in [5, 5.41) is 7.54. The lowest BCUT2D eigenvalue weighted by atomic mass is 10.1. The van der Waals surface area contributed by atoms with Gasteiger partial charge >= 0.3 is 6.09 Å². The Kier molecular flexibility index (Phi) is 6.51. The van der Waals surface area contributed by atoms with Crippen LogP contribution in [0.5, 0.6) is 0 Å². The van der Waals surface area contributed by atoms with Crippen molar-refractivity contribution < 1.29 is 14.3 Å². The monoisotopic (exact) mass is 410 g/mol. The van der Waals surface area contributed by atoms with Crippen molar-refractivity contribution in [2.45, 2.75) is 13.8 Å². The summed E-state index contributed by atoms with van der Waals surface area (Å²) >= 11 is 0. The topological polar surface area (TPSA) is 115 Å². The number of carbonyl (C=O) groups excluding carboxylic acids is 2. The molecule has 0 unspecified atom stereocenters. The minimum Gasteiger partial charge on any atom is -0.449 e. The molecule has 0 aliphatic carbocycles. The van der Waals surface area contributed by atoms with Crippen molar-refractivity contribution in [2.75, 3.05) is 32.1 Å². The molecule has 2 amide bonds. The number of primary amides is 1. The SMILES string of the molecule is CC(C)COC(=O)N(C)CCNc1ccn2ncc(-c3ccc(C(N)=O)cc3)c2n1. The molecular formula is C21H26N6O3. The van der Waals surface area contributed by atoms with Gasteiger partial charge in [0.25, 0.3) is 0 Å². The normalized spacial score (nSPS) is 10.9. The summed E-state index contributed by atoms with van der Waals surface area (Å²) in [5.74, 6) is 0.499. The number of carbonyl (C=O) groups is 2. The second kappa shape index (κ2) is 9.25. The number of nitrogens with one attached hydrogen (secondary N) is 1. The number of ether oxygens (including phenoxy) is 1. The first-order valence-electron chi connectivity index (χ1n) is 9.71. The highest BCUT2D eigenvalue weighted by Crippen LogP contribution is 2.24. The van der Waals surface area contributed by atoms with Gasteiger partial charge in [0.2, 0.25) is 5.91 Å². The Bertz CT molecular complexity index is 1030. The average molecular weight is 410 g/mol. The number of hydrogen-bond donors (Lipinski definition) is 2. The second-order valence-electron chi connectivity index (χ2n) is 7.40. The number of anilines is 1. The summed E-state index contributed by atoms with van der Waals surface area (Å²) in [7, 11) is 1.70. The van der Waals surface area contributed by atoms with Gasteiger partial charge in [-0.05, 0) is 29.7 Å². The summed E-state index contributed by atoms with van der Waals surface area (Å²) in [6.07, 6.45) is 3.20. The Morgan fingerprint density at radius 3 is 2.63 bits per heavy atom. The Hall–Kier alpha value is -3.62. The molecule has 0 saturated heterocycles. The van der Waals surface area contributed by atoms with E-state index in [2.05, 4.69) is 15.4 Å². The highest BCUT2D eigenvalue weighted by Gasteiger charge is 2.12. The van der Waals surface area contributed by atoms with Gasteiger partial charge in [-0.25, -0.2) is 14.3 Å². The van der Waals surface area contributed by atoms with E-state index in [0.717, 1.165) is 11.1 Å². The molecule has 3 N–H and O–H groups in total. The smallest absolute Gasteiger partial charge is 0.409 e. The zero-order valence-corrected chi connectivity index (χ0v) is 17.3. The van der Waals surface area contributed by atoms with E-state index in [1.807, 2.05) is 38.2 Å². The maximum Gasteiger partial charge on any atom is 0.409 e. The Morgan fingerprint density at radius 2 is 1.97 bits per heavy atom. The van der Waals surface area contributed by atoms with E-state index in [1.54, 1.807) is 29.9 Å². The summed E-state index contributed by atoms with van der Waals surface area (Å²) in [4.78, 5) is 29.3. The molecule has 0 aliphatic heterocycles. The van der Waals surface area contributed by atoms with E-state index in [4.69, 9.17) is 10.5 Å². The van der Waals surface area contributed by atoms with Crippen LogP contribution in [-0.4, -0.2) is 58.2 Å². The highest BCUT2D eigenvalue weighted by atomic mass is 16.6. The minimum absolute atomic E-state index is 0.299. The van der Waals surface area contributed by atoms with Crippen molar-refractivity contribution >= 4 is 23.5 Å². The third-order valence-electron chi connectivity index (χ3n) is 4.45. The standard InChI is InChI=1S/C21H26N6O3/c1-14(2)13-30-21(29)26(3)11-9-23-18-8-10-27-20(25-18)17(12-24-27)15-4-6-16(7-5-15)19(22)28/h4-8,10,12,14H,9,11,13H2,1-3H3,(H2,22,28)(H,23,25). The maximum absolute atomic E-state index is 11.9. The maximum atomic E-state index is 11.9. The van der Waals surface area contributed by atoms with Crippen LogP contribution < -0.4 is 11.1 Å². The molecule has 0 aliphatic rings. The highest BCUT2D eigenvalue weighted by molar-refractivity contribution is 5.93. The molecule has 0 atom stereocenters.